The number of hydrogen-bond donors (Lipinski definition) is 1. The molecule has 136 valence electrons. The van der Waals surface area contributed by atoms with Crippen LogP contribution in [-0.4, -0.2) is 35.4 Å². The number of para-hydroxylation sites is 1. The lowest BCUT2D eigenvalue weighted by atomic mass is 9.92. The Morgan fingerprint density at radius 1 is 1.28 bits per heavy atom. The van der Waals surface area contributed by atoms with E-state index >= 15 is 0 Å². The van der Waals surface area contributed by atoms with Crippen molar-refractivity contribution in [2.45, 2.75) is 70.0 Å². The van der Waals surface area contributed by atoms with E-state index in [1.54, 1.807) is 12.0 Å². The first-order valence-electron chi connectivity index (χ1n) is 9.28. The van der Waals surface area contributed by atoms with Crippen LogP contribution in [0.5, 0.6) is 5.75 Å². The Bertz CT molecular complexity index is 640. The molecule has 1 atom stereocenters. The average molecular weight is 344 g/mol. The van der Waals surface area contributed by atoms with Gasteiger partial charge in [0.2, 0.25) is 11.8 Å². The molecule has 0 bridgehead atoms. The molecule has 1 unspecified atom stereocenters. The van der Waals surface area contributed by atoms with Gasteiger partial charge in [-0.25, -0.2) is 0 Å². The number of amides is 2. The second kappa shape index (κ2) is 7.46. The summed E-state index contributed by atoms with van der Waals surface area (Å²) in [6, 6.07) is 7.92. The molecule has 1 N–H and O–H groups in total. The smallest absolute Gasteiger partial charge is 0.245 e. The van der Waals surface area contributed by atoms with Crippen molar-refractivity contribution in [2.75, 3.05) is 7.11 Å². The van der Waals surface area contributed by atoms with E-state index in [0.717, 1.165) is 24.2 Å². The predicted molar refractivity (Wildman–Crippen MR) is 96.2 cm³/mol. The molecular formula is C20H28N2O3. The van der Waals surface area contributed by atoms with Crippen LogP contribution in [0.3, 0.4) is 0 Å². The highest BCUT2D eigenvalue weighted by Crippen LogP contribution is 2.34. The molecule has 1 aromatic carbocycles. The molecule has 5 nitrogen and oxygen atoms in total. The third kappa shape index (κ3) is 3.65. The van der Waals surface area contributed by atoms with Crippen LogP contribution in [0.1, 0.15) is 57.4 Å². The highest BCUT2D eigenvalue weighted by Gasteiger charge is 2.47. The van der Waals surface area contributed by atoms with Crippen LogP contribution in [0.4, 0.5) is 0 Å². The van der Waals surface area contributed by atoms with E-state index in [1.165, 1.54) is 19.3 Å². The molecule has 1 aromatic rings. The van der Waals surface area contributed by atoms with E-state index in [-0.39, 0.29) is 17.9 Å². The summed E-state index contributed by atoms with van der Waals surface area (Å²) < 4.78 is 5.40. The zero-order valence-corrected chi connectivity index (χ0v) is 15.2. The van der Waals surface area contributed by atoms with Gasteiger partial charge < -0.3 is 15.0 Å². The van der Waals surface area contributed by atoms with Crippen LogP contribution in [0.15, 0.2) is 24.3 Å². The topological polar surface area (TPSA) is 58.6 Å². The van der Waals surface area contributed by atoms with E-state index in [9.17, 15) is 9.59 Å². The number of carbonyl (C=O) groups excluding carboxylic acids is 2. The molecule has 1 aliphatic heterocycles. The Morgan fingerprint density at radius 2 is 2.00 bits per heavy atom. The lowest BCUT2D eigenvalue weighted by Gasteiger charge is -2.36. The van der Waals surface area contributed by atoms with Gasteiger partial charge in [-0.15, -0.1) is 0 Å². The summed E-state index contributed by atoms with van der Waals surface area (Å²) in [4.78, 5) is 27.2. The van der Waals surface area contributed by atoms with E-state index in [1.807, 2.05) is 31.2 Å². The van der Waals surface area contributed by atoms with Gasteiger partial charge >= 0.3 is 0 Å². The Morgan fingerprint density at radius 3 is 2.72 bits per heavy atom. The number of rotatable bonds is 5. The SMILES string of the molecule is COc1ccccc1CN1C(=O)CCC1(C)C(=O)NC1CCCCC1. The number of ether oxygens (including phenoxy) is 1. The van der Waals surface area contributed by atoms with Crippen molar-refractivity contribution >= 4 is 11.8 Å². The van der Waals surface area contributed by atoms with Crippen LogP contribution >= 0.6 is 0 Å². The summed E-state index contributed by atoms with van der Waals surface area (Å²) in [5, 5.41) is 3.20. The maximum absolute atomic E-state index is 13.0. The van der Waals surface area contributed by atoms with E-state index in [2.05, 4.69) is 5.32 Å². The standard InChI is InChI=1S/C20H28N2O3/c1-20(19(24)21-16-9-4-3-5-10-16)13-12-18(23)22(20)14-15-8-6-7-11-17(15)25-2/h6-8,11,16H,3-5,9-10,12-14H2,1-2H3,(H,21,24). The first-order chi connectivity index (χ1) is 12.0. The normalized spacial score (nSPS) is 24.4. The van der Waals surface area contributed by atoms with Crippen molar-refractivity contribution in [3.05, 3.63) is 29.8 Å². The van der Waals surface area contributed by atoms with Gasteiger partial charge in [0, 0.05) is 18.0 Å². The summed E-state index contributed by atoms with van der Waals surface area (Å²) in [5.74, 6) is 0.768. The van der Waals surface area contributed by atoms with Gasteiger partial charge in [0.25, 0.3) is 0 Å². The van der Waals surface area contributed by atoms with Gasteiger partial charge in [-0.2, -0.15) is 0 Å². The number of benzene rings is 1. The summed E-state index contributed by atoms with van der Waals surface area (Å²) in [7, 11) is 1.62. The van der Waals surface area contributed by atoms with Crippen molar-refractivity contribution in [3.8, 4) is 5.75 Å². The number of nitrogens with zero attached hydrogens (tertiary/aromatic N) is 1. The second-order valence-corrected chi connectivity index (χ2v) is 7.37. The van der Waals surface area contributed by atoms with Crippen molar-refractivity contribution in [3.63, 3.8) is 0 Å². The minimum atomic E-state index is -0.782. The van der Waals surface area contributed by atoms with E-state index in [4.69, 9.17) is 4.74 Å². The molecule has 0 radical (unpaired) electrons. The van der Waals surface area contributed by atoms with Gasteiger partial charge in [-0.3, -0.25) is 9.59 Å². The Hall–Kier alpha value is -2.04. The Balaban J connectivity index is 1.76. The molecule has 1 aliphatic carbocycles. The molecule has 1 saturated heterocycles. The van der Waals surface area contributed by atoms with Crippen LogP contribution in [0, 0.1) is 0 Å². The molecule has 3 rings (SSSR count). The molecule has 0 aromatic heterocycles. The summed E-state index contributed by atoms with van der Waals surface area (Å²) in [6.07, 6.45) is 6.67. The fourth-order valence-corrected chi connectivity index (χ4v) is 3.99. The maximum atomic E-state index is 13.0. The fourth-order valence-electron chi connectivity index (χ4n) is 3.99. The number of carbonyl (C=O) groups is 2. The molecule has 1 heterocycles. The summed E-state index contributed by atoms with van der Waals surface area (Å²) in [5.41, 5.74) is 0.145. The van der Waals surface area contributed by atoms with Gasteiger partial charge in [0.1, 0.15) is 11.3 Å². The van der Waals surface area contributed by atoms with Crippen molar-refractivity contribution in [2.24, 2.45) is 0 Å². The van der Waals surface area contributed by atoms with Gasteiger partial charge in [-0.05, 0) is 32.3 Å². The third-order valence-electron chi connectivity index (χ3n) is 5.67. The van der Waals surface area contributed by atoms with Crippen molar-refractivity contribution < 1.29 is 14.3 Å². The Labute approximate surface area is 149 Å². The number of nitrogens with one attached hydrogen (secondary N) is 1. The van der Waals surface area contributed by atoms with Crippen LogP contribution in [-0.2, 0) is 16.1 Å². The van der Waals surface area contributed by atoms with Gasteiger partial charge in [0.15, 0.2) is 0 Å². The van der Waals surface area contributed by atoms with Gasteiger partial charge in [-0.1, -0.05) is 37.5 Å². The molecular weight excluding hydrogens is 316 g/mol. The maximum Gasteiger partial charge on any atom is 0.245 e. The van der Waals surface area contributed by atoms with Crippen LogP contribution < -0.4 is 10.1 Å². The highest BCUT2D eigenvalue weighted by atomic mass is 16.5. The molecule has 25 heavy (non-hydrogen) atoms. The molecule has 2 amide bonds. The second-order valence-electron chi connectivity index (χ2n) is 7.37. The predicted octanol–water partition coefficient (Wildman–Crippen LogP) is 3.03. The minimum Gasteiger partial charge on any atom is -0.496 e. The third-order valence-corrected chi connectivity index (χ3v) is 5.67. The minimum absolute atomic E-state index is 0.0138. The molecule has 5 heteroatoms. The highest BCUT2D eigenvalue weighted by molar-refractivity contribution is 5.94. The van der Waals surface area contributed by atoms with Crippen LogP contribution in [0.25, 0.3) is 0 Å². The molecule has 0 spiro atoms. The first kappa shape index (κ1) is 17.8. The quantitative estimate of drug-likeness (QED) is 0.893. The molecule has 2 fully saturated rings. The molecule has 2 aliphatic rings. The number of likely N-dealkylation sites (tertiary alicyclic amines) is 1. The summed E-state index contributed by atoms with van der Waals surface area (Å²) >= 11 is 0. The van der Waals surface area contributed by atoms with Crippen molar-refractivity contribution in [1.29, 1.82) is 0 Å². The average Bonchev–Trinajstić information content (AvgIpc) is 2.93. The van der Waals surface area contributed by atoms with E-state index in [0.29, 0.717) is 19.4 Å². The lowest BCUT2D eigenvalue weighted by molar-refractivity contribution is -0.141. The zero-order valence-electron chi connectivity index (χ0n) is 15.2. The lowest BCUT2D eigenvalue weighted by Crippen LogP contribution is -2.56. The fraction of sp³-hybridized carbons (Fsp3) is 0.600. The van der Waals surface area contributed by atoms with Gasteiger partial charge in [0.05, 0.1) is 13.7 Å². The van der Waals surface area contributed by atoms with E-state index < -0.39 is 5.54 Å². The zero-order chi connectivity index (χ0) is 17.9. The summed E-state index contributed by atoms with van der Waals surface area (Å²) in [6.45, 7) is 2.29. The monoisotopic (exact) mass is 344 g/mol. The Kier molecular flexibility index (Phi) is 5.30. The number of methoxy groups -OCH3 is 1. The first-order valence-corrected chi connectivity index (χ1v) is 9.28. The van der Waals surface area contributed by atoms with Crippen molar-refractivity contribution in [1.82, 2.24) is 10.2 Å². The largest absolute Gasteiger partial charge is 0.496 e. The number of hydrogen-bond acceptors (Lipinski definition) is 3. The van der Waals surface area contributed by atoms with Crippen LogP contribution in [0.2, 0.25) is 0 Å². The molecule has 1 saturated carbocycles.